The molecule has 0 saturated heterocycles. The number of dihydropyridines is 1. The van der Waals surface area contributed by atoms with Gasteiger partial charge in [0.25, 0.3) is 0 Å². The molecule has 5 heteroatoms. The number of hydrogen-bond donors (Lipinski definition) is 2. The number of thiophene rings is 1. The van der Waals surface area contributed by atoms with Gasteiger partial charge in [-0.05, 0) is 23.3 Å². The normalized spacial score (nSPS) is 24.5. The lowest BCUT2D eigenvalue weighted by molar-refractivity contribution is -0.118. The van der Waals surface area contributed by atoms with Crippen LogP contribution in [0.15, 0.2) is 39.4 Å². The number of rotatable bonds is 1. The van der Waals surface area contributed by atoms with Crippen LogP contribution in [0, 0.1) is 16.7 Å². The Labute approximate surface area is 133 Å². The average Bonchev–Trinajstić information content (AvgIpc) is 2.88. The van der Waals surface area contributed by atoms with E-state index in [1.54, 1.807) is 11.3 Å². The van der Waals surface area contributed by atoms with Crippen LogP contribution in [0.25, 0.3) is 0 Å². The van der Waals surface area contributed by atoms with E-state index >= 15 is 0 Å². The molecule has 0 unspecified atom stereocenters. The van der Waals surface area contributed by atoms with Gasteiger partial charge in [0.1, 0.15) is 0 Å². The Hall–Kier alpha value is -1.51. The fourth-order valence-electron chi connectivity index (χ4n) is 3.13. The lowest BCUT2D eigenvalue weighted by Gasteiger charge is -2.38. The SMILES string of the molecule is CC1(C)CC(=O)C2=C(C1)NC(S)=C(C#N)[C@@H]2c1cccs1. The highest BCUT2D eigenvalue weighted by atomic mass is 32.1. The molecule has 0 spiro atoms. The fraction of sp³-hybridized carbons (Fsp3) is 0.375. The van der Waals surface area contributed by atoms with E-state index in [0.717, 1.165) is 22.6 Å². The molecule has 1 aliphatic carbocycles. The average molecular weight is 316 g/mol. The largest absolute Gasteiger partial charge is 0.353 e. The molecule has 1 N–H and O–H groups in total. The van der Waals surface area contributed by atoms with E-state index in [0.29, 0.717) is 17.0 Å². The summed E-state index contributed by atoms with van der Waals surface area (Å²) in [5.41, 5.74) is 2.17. The monoisotopic (exact) mass is 316 g/mol. The van der Waals surface area contributed by atoms with Gasteiger partial charge >= 0.3 is 0 Å². The van der Waals surface area contributed by atoms with Gasteiger partial charge in [0.15, 0.2) is 5.78 Å². The van der Waals surface area contributed by atoms with Gasteiger partial charge in [-0.15, -0.1) is 24.0 Å². The first-order chi connectivity index (χ1) is 9.93. The molecule has 2 heterocycles. The van der Waals surface area contributed by atoms with Crippen LogP contribution in [-0.4, -0.2) is 5.78 Å². The number of hydrogen-bond acceptors (Lipinski definition) is 5. The smallest absolute Gasteiger partial charge is 0.162 e. The molecule has 1 aliphatic heterocycles. The van der Waals surface area contributed by atoms with E-state index in [-0.39, 0.29) is 17.1 Å². The van der Waals surface area contributed by atoms with Crippen LogP contribution in [0.2, 0.25) is 0 Å². The Morgan fingerprint density at radius 2 is 2.24 bits per heavy atom. The lowest BCUT2D eigenvalue weighted by Crippen LogP contribution is -2.36. The summed E-state index contributed by atoms with van der Waals surface area (Å²) in [6.07, 6.45) is 1.33. The van der Waals surface area contributed by atoms with E-state index in [9.17, 15) is 10.1 Å². The zero-order valence-electron chi connectivity index (χ0n) is 11.9. The van der Waals surface area contributed by atoms with Crippen molar-refractivity contribution in [1.82, 2.24) is 5.32 Å². The van der Waals surface area contributed by atoms with Crippen molar-refractivity contribution in [2.45, 2.75) is 32.6 Å². The molecule has 3 rings (SSSR count). The first kappa shape index (κ1) is 14.4. The minimum atomic E-state index is -0.262. The predicted octanol–water partition coefficient (Wildman–Crippen LogP) is 3.74. The van der Waals surface area contributed by atoms with Gasteiger partial charge in [0.2, 0.25) is 0 Å². The van der Waals surface area contributed by atoms with Crippen molar-refractivity contribution < 1.29 is 4.79 Å². The van der Waals surface area contributed by atoms with E-state index < -0.39 is 0 Å². The van der Waals surface area contributed by atoms with Crippen LogP contribution < -0.4 is 5.32 Å². The summed E-state index contributed by atoms with van der Waals surface area (Å²) < 4.78 is 0. The summed E-state index contributed by atoms with van der Waals surface area (Å²) in [7, 11) is 0. The van der Waals surface area contributed by atoms with E-state index in [4.69, 9.17) is 0 Å². The quantitative estimate of drug-likeness (QED) is 0.776. The Morgan fingerprint density at radius 1 is 1.48 bits per heavy atom. The Morgan fingerprint density at radius 3 is 2.86 bits per heavy atom. The maximum absolute atomic E-state index is 12.7. The standard InChI is InChI=1S/C16H16N2OS2/c1-16(2)6-10-14(11(19)7-16)13(12-4-3-5-21-12)9(8-17)15(20)18-10/h3-5,13,18,20H,6-7H2,1-2H3/t13-/m1/s1. The molecule has 0 fully saturated rings. The van der Waals surface area contributed by atoms with E-state index in [1.165, 1.54) is 0 Å². The highest BCUT2D eigenvalue weighted by Crippen LogP contribution is 2.47. The number of thiol groups is 1. The van der Waals surface area contributed by atoms with Crippen molar-refractivity contribution in [3.63, 3.8) is 0 Å². The predicted molar refractivity (Wildman–Crippen MR) is 86.9 cm³/mol. The van der Waals surface area contributed by atoms with Crippen LogP contribution in [0.1, 0.15) is 37.5 Å². The minimum absolute atomic E-state index is 0.0544. The van der Waals surface area contributed by atoms with Gasteiger partial charge in [0, 0.05) is 22.6 Å². The van der Waals surface area contributed by atoms with Gasteiger partial charge in [-0.2, -0.15) is 5.26 Å². The number of nitriles is 1. The molecule has 1 atom stereocenters. The van der Waals surface area contributed by atoms with Gasteiger partial charge < -0.3 is 5.32 Å². The minimum Gasteiger partial charge on any atom is -0.353 e. The van der Waals surface area contributed by atoms with Crippen molar-refractivity contribution in [3.8, 4) is 6.07 Å². The molecule has 0 bridgehead atoms. The molecule has 3 nitrogen and oxygen atoms in total. The summed E-state index contributed by atoms with van der Waals surface area (Å²) in [6.45, 7) is 4.19. The molecule has 2 aliphatic rings. The molecule has 21 heavy (non-hydrogen) atoms. The highest BCUT2D eigenvalue weighted by molar-refractivity contribution is 7.84. The van der Waals surface area contributed by atoms with Gasteiger partial charge in [0.05, 0.1) is 22.6 Å². The Bertz CT molecular complexity index is 705. The lowest BCUT2D eigenvalue weighted by atomic mass is 9.70. The second-order valence-electron chi connectivity index (χ2n) is 6.28. The molecule has 0 saturated carbocycles. The molecule has 0 radical (unpaired) electrons. The highest BCUT2D eigenvalue weighted by Gasteiger charge is 2.41. The molecule has 1 aromatic rings. The fourth-order valence-corrected chi connectivity index (χ4v) is 4.29. The third-order valence-electron chi connectivity index (χ3n) is 3.97. The van der Waals surface area contributed by atoms with Gasteiger partial charge in [-0.25, -0.2) is 0 Å². The summed E-state index contributed by atoms with van der Waals surface area (Å²) in [5.74, 6) is -0.122. The van der Waals surface area contributed by atoms with Crippen molar-refractivity contribution in [1.29, 1.82) is 5.26 Å². The van der Waals surface area contributed by atoms with Crippen LogP contribution in [0.3, 0.4) is 0 Å². The topological polar surface area (TPSA) is 52.9 Å². The summed E-state index contributed by atoms with van der Waals surface area (Å²) in [4.78, 5) is 13.7. The first-order valence-corrected chi connectivity index (χ1v) is 8.15. The maximum Gasteiger partial charge on any atom is 0.162 e. The number of Topliss-reactive ketones (excluding diaryl/α,β-unsaturated/α-hetero) is 1. The van der Waals surface area contributed by atoms with Crippen molar-refractivity contribution in [2.75, 3.05) is 0 Å². The third kappa shape index (κ3) is 2.43. The van der Waals surface area contributed by atoms with Crippen LogP contribution in [0.4, 0.5) is 0 Å². The second kappa shape index (κ2) is 5.04. The van der Waals surface area contributed by atoms with Gasteiger partial charge in [-0.3, -0.25) is 4.79 Å². The Kier molecular flexibility index (Phi) is 3.46. The zero-order valence-corrected chi connectivity index (χ0v) is 13.6. The third-order valence-corrected chi connectivity index (χ3v) is 5.26. The maximum atomic E-state index is 12.7. The summed E-state index contributed by atoms with van der Waals surface area (Å²) in [5, 5.41) is 15.2. The number of nitrogens with zero attached hydrogens (tertiary/aromatic N) is 1. The number of ketones is 1. The van der Waals surface area contributed by atoms with Crippen LogP contribution >= 0.6 is 24.0 Å². The molecular weight excluding hydrogens is 300 g/mol. The van der Waals surface area contributed by atoms with Crippen LogP contribution in [0.5, 0.6) is 0 Å². The number of carbonyl (C=O) groups is 1. The second-order valence-corrected chi connectivity index (χ2v) is 7.71. The van der Waals surface area contributed by atoms with E-state index in [1.807, 2.05) is 17.5 Å². The molecule has 108 valence electrons. The van der Waals surface area contributed by atoms with Crippen LogP contribution in [-0.2, 0) is 4.79 Å². The summed E-state index contributed by atoms with van der Waals surface area (Å²) >= 11 is 6.01. The van der Waals surface area contributed by atoms with E-state index in [2.05, 4.69) is 37.9 Å². The van der Waals surface area contributed by atoms with Gasteiger partial charge in [-0.1, -0.05) is 19.9 Å². The Balaban J connectivity index is 2.17. The summed E-state index contributed by atoms with van der Waals surface area (Å²) in [6, 6.07) is 6.16. The molecule has 0 amide bonds. The number of allylic oxidation sites excluding steroid dienone is 3. The molecule has 1 aromatic heterocycles. The van der Waals surface area contributed by atoms with Crippen molar-refractivity contribution in [2.24, 2.45) is 5.41 Å². The molecule has 0 aromatic carbocycles. The first-order valence-electron chi connectivity index (χ1n) is 6.83. The van der Waals surface area contributed by atoms with Crippen molar-refractivity contribution >= 4 is 29.7 Å². The number of carbonyl (C=O) groups excluding carboxylic acids is 1. The number of nitrogens with one attached hydrogen (secondary N) is 1. The molecular formula is C16H16N2OS2. The van der Waals surface area contributed by atoms with Crippen molar-refractivity contribution in [3.05, 3.63) is 44.3 Å². The zero-order chi connectivity index (χ0) is 15.2.